The van der Waals surface area contributed by atoms with Crippen LogP contribution in [0.2, 0.25) is 5.02 Å². The van der Waals surface area contributed by atoms with Crippen molar-refractivity contribution in [2.75, 3.05) is 4.90 Å². The molecule has 166 valence electrons. The normalized spacial score (nSPS) is 21.1. The first-order valence-corrected chi connectivity index (χ1v) is 12.2. The summed E-state index contributed by atoms with van der Waals surface area (Å²) in [5.41, 5.74) is 1.64. The van der Waals surface area contributed by atoms with Gasteiger partial charge in [0.2, 0.25) is 5.91 Å². The highest BCUT2D eigenvalue weighted by Gasteiger charge is 2.49. The Hall–Kier alpha value is -2.64. The molecule has 0 unspecified atom stereocenters. The Morgan fingerprint density at radius 3 is 2.72 bits per heavy atom. The van der Waals surface area contributed by atoms with E-state index in [1.807, 2.05) is 49.6 Å². The third-order valence-electron chi connectivity index (χ3n) is 6.51. The molecule has 1 saturated carbocycles. The molecule has 5 rings (SSSR count). The van der Waals surface area contributed by atoms with E-state index in [1.165, 1.54) is 0 Å². The molecule has 0 bridgehead atoms. The molecular weight excluding hydrogens is 444 g/mol. The van der Waals surface area contributed by atoms with Gasteiger partial charge in [-0.2, -0.15) is 5.10 Å². The summed E-state index contributed by atoms with van der Waals surface area (Å²) in [6, 6.07) is 11.3. The van der Waals surface area contributed by atoms with E-state index in [0.717, 1.165) is 41.8 Å². The fraction of sp³-hybridized carbons (Fsp3) is 0.375. The molecule has 1 aromatic carbocycles. The predicted molar refractivity (Wildman–Crippen MR) is 127 cm³/mol. The van der Waals surface area contributed by atoms with Gasteiger partial charge in [0.1, 0.15) is 16.9 Å². The molecule has 0 saturated heterocycles. The van der Waals surface area contributed by atoms with Gasteiger partial charge >= 0.3 is 0 Å². The van der Waals surface area contributed by atoms with Gasteiger partial charge in [0.05, 0.1) is 11.4 Å². The molecule has 8 heteroatoms. The lowest BCUT2D eigenvalue weighted by molar-refractivity contribution is -0.127. The van der Waals surface area contributed by atoms with Crippen molar-refractivity contribution in [1.82, 2.24) is 15.1 Å². The van der Waals surface area contributed by atoms with E-state index < -0.39 is 5.54 Å². The standard InChI is InChI=1S/C24H25ClN4O2S/c1-15-12-16(25)9-10-19(15)29-22(30)20-13-18(21-8-5-11-32-21)27-28(20)14-24(29,2)23(31)26-17-6-3-4-7-17/h5,8-13,17H,3-4,6-7,14H2,1-2H3,(H,26,31)/t24-/m0/s1. The molecule has 1 aliphatic heterocycles. The van der Waals surface area contributed by atoms with Crippen molar-refractivity contribution in [1.29, 1.82) is 0 Å². The van der Waals surface area contributed by atoms with Crippen LogP contribution < -0.4 is 10.2 Å². The van der Waals surface area contributed by atoms with Crippen LogP contribution in [0.15, 0.2) is 41.8 Å². The molecule has 1 aliphatic carbocycles. The molecule has 0 spiro atoms. The Kier molecular flexibility index (Phi) is 5.34. The Labute approximate surface area is 196 Å². The highest BCUT2D eigenvalue weighted by atomic mass is 35.5. The van der Waals surface area contributed by atoms with Crippen LogP contribution in [0.1, 0.15) is 48.7 Å². The number of fused-ring (bicyclic) bond motifs is 1. The maximum Gasteiger partial charge on any atom is 0.277 e. The number of thiophene rings is 1. The summed E-state index contributed by atoms with van der Waals surface area (Å²) in [6.07, 6.45) is 4.19. The van der Waals surface area contributed by atoms with Crippen molar-refractivity contribution < 1.29 is 9.59 Å². The van der Waals surface area contributed by atoms with Crippen molar-refractivity contribution in [3.05, 3.63) is 58.1 Å². The van der Waals surface area contributed by atoms with Crippen molar-refractivity contribution in [2.45, 2.75) is 57.7 Å². The molecule has 0 radical (unpaired) electrons. The number of hydrogen-bond acceptors (Lipinski definition) is 4. The average molecular weight is 469 g/mol. The van der Waals surface area contributed by atoms with Gasteiger partial charge in [-0.15, -0.1) is 11.3 Å². The second kappa shape index (κ2) is 8.05. The Morgan fingerprint density at radius 1 is 1.25 bits per heavy atom. The van der Waals surface area contributed by atoms with Gasteiger partial charge in [-0.1, -0.05) is 30.5 Å². The SMILES string of the molecule is Cc1cc(Cl)ccc1N1C(=O)c2cc(-c3cccs3)nn2C[C@@]1(C)C(=O)NC1CCCC1. The van der Waals surface area contributed by atoms with Crippen molar-refractivity contribution in [2.24, 2.45) is 0 Å². The molecule has 3 aromatic rings. The number of nitrogens with one attached hydrogen (secondary N) is 1. The molecule has 2 aromatic heterocycles. The minimum Gasteiger partial charge on any atom is -0.351 e. The number of carbonyl (C=O) groups excluding carboxylic acids is 2. The summed E-state index contributed by atoms with van der Waals surface area (Å²) >= 11 is 7.76. The van der Waals surface area contributed by atoms with Gasteiger partial charge in [0, 0.05) is 16.8 Å². The largest absolute Gasteiger partial charge is 0.351 e. The Bertz CT molecular complexity index is 1180. The van der Waals surface area contributed by atoms with Crippen molar-refractivity contribution in [3.8, 4) is 10.6 Å². The first kappa shape index (κ1) is 21.2. The van der Waals surface area contributed by atoms with Crippen LogP contribution in [0.25, 0.3) is 10.6 Å². The fourth-order valence-corrected chi connectivity index (χ4v) is 5.69. The van der Waals surface area contributed by atoms with E-state index >= 15 is 0 Å². The quantitative estimate of drug-likeness (QED) is 0.582. The summed E-state index contributed by atoms with van der Waals surface area (Å²) in [5, 5.41) is 10.5. The number of aryl methyl sites for hydroxylation is 1. The van der Waals surface area contributed by atoms with Gasteiger partial charge in [0.25, 0.3) is 5.91 Å². The lowest BCUT2D eigenvalue weighted by Crippen LogP contribution is -2.65. The van der Waals surface area contributed by atoms with Gasteiger partial charge < -0.3 is 5.32 Å². The van der Waals surface area contributed by atoms with E-state index in [-0.39, 0.29) is 24.4 Å². The summed E-state index contributed by atoms with van der Waals surface area (Å²) in [5.74, 6) is -0.382. The number of hydrogen-bond donors (Lipinski definition) is 1. The minimum absolute atomic E-state index is 0.147. The Morgan fingerprint density at radius 2 is 2.03 bits per heavy atom. The van der Waals surface area contributed by atoms with Gasteiger partial charge in [-0.05, 0) is 68.0 Å². The van der Waals surface area contributed by atoms with Gasteiger partial charge in [0.15, 0.2) is 0 Å². The molecule has 2 aliphatic rings. The molecule has 6 nitrogen and oxygen atoms in total. The number of anilines is 1. The monoisotopic (exact) mass is 468 g/mol. The summed E-state index contributed by atoms with van der Waals surface area (Å²) < 4.78 is 1.69. The highest BCUT2D eigenvalue weighted by molar-refractivity contribution is 7.13. The van der Waals surface area contributed by atoms with Crippen LogP contribution in [-0.2, 0) is 11.3 Å². The zero-order chi connectivity index (χ0) is 22.5. The molecule has 1 N–H and O–H groups in total. The van der Waals surface area contributed by atoms with Crippen molar-refractivity contribution in [3.63, 3.8) is 0 Å². The fourth-order valence-electron chi connectivity index (χ4n) is 4.78. The van der Waals surface area contributed by atoms with Crippen LogP contribution in [0.5, 0.6) is 0 Å². The Balaban J connectivity index is 1.60. The molecule has 3 heterocycles. The smallest absolute Gasteiger partial charge is 0.277 e. The van der Waals surface area contributed by atoms with E-state index in [9.17, 15) is 9.59 Å². The first-order valence-electron chi connectivity index (χ1n) is 10.9. The lowest BCUT2D eigenvalue weighted by atomic mass is 9.92. The van der Waals surface area contributed by atoms with Gasteiger partial charge in [-0.25, -0.2) is 0 Å². The van der Waals surface area contributed by atoms with Crippen molar-refractivity contribution >= 4 is 40.4 Å². The number of amides is 2. The number of benzene rings is 1. The second-order valence-electron chi connectivity index (χ2n) is 8.85. The zero-order valence-electron chi connectivity index (χ0n) is 18.1. The molecule has 1 fully saturated rings. The average Bonchev–Trinajstić information content (AvgIpc) is 3.50. The van der Waals surface area contributed by atoms with E-state index in [4.69, 9.17) is 16.7 Å². The molecule has 1 atom stereocenters. The topological polar surface area (TPSA) is 67.2 Å². The lowest BCUT2D eigenvalue weighted by Gasteiger charge is -2.44. The molecular formula is C24H25ClN4O2S. The second-order valence-corrected chi connectivity index (χ2v) is 10.2. The maximum atomic E-state index is 13.9. The summed E-state index contributed by atoms with van der Waals surface area (Å²) in [7, 11) is 0. The minimum atomic E-state index is -1.12. The van der Waals surface area contributed by atoms with Crippen LogP contribution in [0, 0.1) is 6.92 Å². The number of carbonyl (C=O) groups is 2. The third kappa shape index (κ3) is 3.53. The number of nitrogens with zero attached hydrogens (tertiary/aromatic N) is 3. The van der Waals surface area contributed by atoms with E-state index in [2.05, 4.69) is 5.32 Å². The van der Waals surface area contributed by atoms with E-state index in [0.29, 0.717) is 16.4 Å². The predicted octanol–water partition coefficient (Wildman–Crippen LogP) is 5.05. The number of aromatic nitrogens is 2. The van der Waals surface area contributed by atoms with Crippen LogP contribution in [0.4, 0.5) is 5.69 Å². The summed E-state index contributed by atoms with van der Waals surface area (Å²) in [6.45, 7) is 4.02. The van der Waals surface area contributed by atoms with Gasteiger partial charge in [-0.3, -0.25) is 19.2 Å². The maximum absolute atomic E-state index is 13.9. The van der Waals surface area contributed by atoms with E-state index in [1.54, 1.807) is 27.0 Å². The molecule has 32 heavy (non-hydrogen) atoms. The number of rotatable bonds is 4. The highest BCUT2D eigenvalue weighted by Crippen LogP contribution is 2.37. The third-order valence-corrected chi connectivity index (χ3v) is 7.63. The summed E-state index contributed by atoms with van der Waals surface area (Å²) in [4.78, 5) is 30.1. The number of halogens is 1. The van der Waals surface area contributed by atoms with Crippen LogP contribution in [-0.4, -0.2) is 33.2 Å². The molecule has 2 amide bonds. The zero-order valence-corrected chi connectivity index (χ0v) is 19.7. The first-order chi connectivity index (χ1) is 15.4. The van der Waals surface area contributed by atoms with Crippen LogP contribution in [0.3, 0.4) is 0 Å². The van der Waals surface area contributed by atoms with Crippen LogP contribution >= 0.6 is 22.9 Å².